The van der Waals surface area contributed by atoms with E-state index in [1.807, 2.05) is 30.3 Å². The van der Waals surface area contributed by atoms with Gasteiger partial charge in [0.1, 0.15) is 25.0 Å². The highest BCUT2D eigenvalue weighted by atomic mass is 16.5. The molecule has 222 valence electrons. The number of carbonyl (C=O) groups excluding carboxylic acids is 1. The number of aliphatic carboxylic acids is 1. The van der Waals surface area contributed by atoms with E-state index in [9.17, 15) is 19.8 Å². The minimum absolute atomic E-state index is 0.101. The number of amidine groups is 1. The molecular weight excluding hydrogens is 548 g/mol. The highest BCUT2D eigenvalue weighted by molar-refractivity contribution is 5.95. The molecule has 0 spiro atoms. The average molecular weight is 583 g/mol. The predicted molar refractivity (Wildman–Crippen MR) is 163 cm³/mol. The quantitative estimate of drug-likeness (QED) is 0.108. The van der Waals surface area contributed by atoms with Gasteiger partial charge < -0.3 is 35.6 Å². The highest BCUT2D eigenvalue weighted by Gasteiger charge is 2.33. The van der Waals surface area contributed by atoms with E-state index in [0.717, 1.165) is 10.5 Å². The van der Waals surface area contributed by atoms with Crippen molar-refractivity contribution in [2.24, 2.45) is 5.73 Å². The van der Waals surface area contributed by atoms with E-state index in [0.29, 0.717) is 40.5 Å². The Morgan fingerprint density at radius 1 is 0.907 bits per heavy atom. The number of aliphatic hydroxyl groups is 1. The van der Waals surface area contributed by atoms with Crippen LogP contribution in [0.25, 0.3) is 0 Å². The Balaban J connectivity index is 1.73. The third-order valence-electron chi connectivity index (χ3n) is 6.83. The number of nitrogen functional groups attached to an aromatic ring is 1. The van der Waals surface area contributed by atoms with E-state index < -0.39 is 37.1 Å². The van der Waals surface area contributed by atoms with E-state index in [1.54, 1.807) is 72.8 Å². The number of hydrogen-bond donors (Lipinski definition) is 5. The lowest BCUT2D eigenvalue weighted by Gasteiger charge is -2.33. The van der Waals surface area contributed by atoms with Crippen molar-refractivity contribution >= 4 is 23.4 Å². The molecule has 43 heavy (non-hydrogen) atoms. The number of carbonyl (C=O) groups is 2. The van der Waals surface area contributed by atoms with Gasteiger partial charge in [0.2, 0.25) is 0 Å². The first-order valence-electron chi connectivity index (χ1n) is 13.5. The second-order valence-electron chi connectivity index (χ2n) is 9.72. The third-order valence-corrected chi connectivity index (χ3v) is 6.83. The molecule has 0 aliphatic rings. The summed E-state index contributed by atoms with van der Waals surface area (Å²) in [5.41, 5.74) is 8.67. The molecule has 4 aromatic carbocycles. The summed E-state index contributed by atoms with van der Waals surface area (Å²) in [7, 11) is 1.49. The number of aliphatic hydroxyl groups excluding tert-OH is 1. The minimum Gasteiger partial charge on any atom is -0.493 e. The lowest BCUT2D eigenvalue weighted by molar-refractivity contribution is -0.147. The summed E-state index contributed by atoms with van der Waals surface area (Å²) >= 11 is 0. The predicted octanol–water partition coefficient (Wildman–Crippen LogP) is 4.36. The van der Waals surface area contributed by atoms with Gasteiger partial charge in [-0.3, -0.25) is 15.0 Å². The molecule has 2 atom stereocenters. The number of carboxylic acid groups (broad SMARTS) is 1. The number of rotatable bonds is 14. The van der Waals surface area contributed by atoms with Crippen LogP contribution in [-0.4, -0.2) is 53.1 Å². The molecule has 4 rings (SSSR count). The zero-order valence-corrected chi connectivity index (χ0v) is 23.6. The topological polar surface area (TPSA) is 158 Å². The first-order chi connectivity index (χ1) is 20.8. The molecule has 10 nitrogen and oxygen atoms in total. The zero-order valence-electron chi connectivity index (χ0n) is 23.6. The second-order valence-corrected chi connectivity index (χ2v) is 9.72. The van der Waals surface area contributed by atoms with Crippen LogP contribution in [0.4, 0.5) is 5.69 Å². The molecule has 0 saturated heterocycles. The molecule has 0 aliphatic heterocycles. The first kappa shape index (κ1) is 30.6. The standard InChI is InChI=1S/C33H34N4O6/c1-42-29-18-25(14-17-28(29)43-21-22-8-4-2-5-9-22)31(36-26-15-12-24(13-16-26)32(34)35)33(41)37(19-30(39)40)27(20-38)23-10-6-3-7-11-23/h2-18,27,31,36,38H,19-21H2,1H3,(H3,34,35)(H,39,40)/t27-,31-/m1/s1. The lowest BCUT2D eigenvalue weighted by Crippen LogP contribution is -2.44. The Bertz CT molecular complexity index is 1530. The van der Waals surface area contributed by atoms with Gasteiger partial charge in [-0.1, -0.05) is 66.7 Å². The number of nitrogens with zero attached hydrogens (tertiary/aromatic N) is 1. The summed E-state index contributed by atoms with van der Waals surface area (Å²) in [5.74, 6) is -1.06. The average Bonchev–Trinajstić information content (AvgIpc) is 3.03. The van der Waals surface area contributed by atoms with Crippen LogP contribution in [0, 0.1) is 5.41 Å². The fraction of sp³-hybridized carbons (Fsp3) is 0.182. The molecule has 0 saturated carbocycles. The summed E-state index contributed by atoms with van der Waals surface area (Å²) in [6.07, 6.45) is 0. The Morgan fingerprint density at radius 2 is 1.56 bits per heavy atom. The lowest BCUT2D eigenvalue weighted by atomic mass is 10.0. The molecule has 6 N–H and O–H groups in total. The minimum atomic E-state index is -1.23. The molecule has 4 aromatic rings. The van der Waals surface area contributed by atoms with E-state index in [4.69, 9.17) is 20.6 Å². The maximum absolute atomic E-state index is 14.3. The first-order valence-corrected chi connectivity index (χ1v) is 13.5. The molecule has 1 amide bonds. The van der Waals surface area contributed by atoms with Crippen molar-refractivity contribution in [1.82, 2.24) is 4.90 Å². The zero-order chi connectivity index (χ0) is 30.8. The van der Waals surface area contributed by atoms with Crippen molar-refractivity contribution in [3.8, 4) is 11.5 Å². The van der Waals surface area contributed by atoms with E-state index >= 15 is 0 Å². The molecule has 0 aromatic heterocycles. The molecule has 0 radical (unpaired) electrons. The monoisotopic (exact) mass is 582 g/mol. The number of methoxy groups -OCH3 is 1. The van der Waals surface area contributed by atoms with Crippen molar-refractivity contribution in [2.75, 3.05) is 25.6 Å². The van der Waals surface area contributed by atoms with Crippen LogP contribution < -0.4 is 20.5 Å². The molecule has 0 aliphatic carbocycles. The van der Waals surface area contributed by atoms with E-state index in [1.165, 1.54) is 7.11 Å². The van der Waals surface area contributed by atoms with Gasteiger partial charge in [0.05, 0.1) is 19.8 Å². The third kappa shape index (κ3) is 7.90. The second kappa shape index (κ2) is 14.5. The van der Waals surface area contributed by atoms with Crippen LogP contribution in [0.3, 0.4) is 0 Å². The fourth-order valence-corrected chi connectivity index (χ4v) is 4.63. The number of nitrogens with two attached hydrogens (primary N) is 1. The summed E-state index contributed by atoms with van der Waals surface area (Å²) in [6, 6.07) is 28.1. The van der Waals surface area contributed by atoms with Crippen LogP contribution in [0.5, 0.6) is 11.5 Å². The van der Waals surface area contributed by atoms with E-state index in [-0.39, 0.29) is 5.84 Å². The van der Waals surface area contributed by atoms with Crippen molar-refractivity contribution in [2.45, 2.75) is 18.7 Å². The van der Waals surface area contributed by atoms with Crippen molar-refractivity contribution in [3.63, 3.8) is 0 Å². The summed E-state index contributed by atoms with van der Waals surface area (Å²) in [4.78, 5) is 27.4. The molecule has 0 bridgehead atoms. The number of hydrogen-bond acceptors (Lipinski definition) is 7. The molecule has 10 heteroatoms. The number of benzene rings is 4. The Labute approximate surface area is 249 Å². The molecule has 0 unspecified atom stereocenters. The van der Waals surface area contributed by atoms with Crippen LogP contribution >= 0.6 is 0 Å². The summed E-state index contributed by atoms with van der Waals surface area (Å²) < 4.78 is 11.6. The number of amides is 1. The van der Waals surface area contributed by atoms with E-state index in [2.05, 4.69) is 5.32 Å². The Kier molecular flexibility index (Phi) is 10.3. The van der Waals surface area contributed by atoms with Gasteiger partial charge in [-0.2, -0.15) is 0 Å². The molecular formula is C33H34N4O6. The molecule has 0 fully saturated rings. The number of ether oxygens (including phenoxy) is 2. The van der Waals surface area contributed by atoms with Crippen LogP contribution in [-0.2, 0) is 16.2 Å². The van der Waals surface area contributed by atoms with Crippen molar-refractivity contribution < 1.29 is 29.3 Å². The van der Waals surface area contributed by atoms with Crippen LogP contribution in [0.1, 0.15) is 34.3 Å². The maximum atomic E-state index is 14.3. The molecule has 0 heterocycles. The Morgan fingerprint density at radius 3 is 2.14 bits per heavy atom. The van der Waals surface area contributed by atoms with Crippen LogP contribution in [0.15, 0.2) is 103 Å². The summed E-state index contributed by atoms with van der Waals surface area (Å²) in [5, 5.41) is 31.0. The van der Waals surface area contributed by atoms with Gasteiger partial charge in [0, 0.05) is 11.3 Å². The number of anilines is 1. The van der Waals surface area contributed by atoms with Gasteiger partial charge in [0.25, 0.3) is 5.91 Å². The number of carboxylic acids is 1. The van der Waals surface area contributed by atoms with Crippen molar-refractivity contribution in [1.29, 1.82) is 5.41 Å². The van der Waals surface area contributed by atoms with Gasteiger partial charge >= 0.3 is 5.97 Å². The van der Waals surface area contributed by atoms with Gasteiger partial charge in [-0.15, -0.1) is 0 Å². The smallest absolute Gasteiger partial charge is 0.323 e. The maximum Gasteiger partial charge on any atom is 0.323 e. The van der Waals surface area contributed by atoms with Crippen LogP contribution in [0.2, 0.25) is 0 Å². The Hall–Kier alpha value is -5.35. The van der Waals surface area contributed by atoms with Gasteiger partial charge in [-0.05, 0) is 53.1 Å². The number of nitrogens with one attached hydrogen (secondary N) is 2. The van der Waals surface area contributed by atoms with Gasteiger partial charge in [-0.25, -0.2) is 0 Å². The normalized spacial score (nSPS) is 12.0. The SMILES string of the molecule is COc1cc([C@@H](Nc2ccc(C(=N)N)cc2)C(=O)N(CC(=O)O)[C@H](CO)c2ccccc2)ccc1OCc1ccccc1. The summed E-state index contributed by atoms with van der Waals surface area (Å²) in [6.45, 7) is -0.824. The van der Waals surface area contributed by atoms with Crippen molar-refractivity contribution in [3.05, 3.63) is 125 Å². The highest BCUT2D eigenvalue weighted by Crippen LogP contribution is 2.34. The fourth-order valence-electron chi connectivity index (χ4n) is 4.63. The largest absolute Gasteiger partial charge is 0.493 e. The van der Waals surface area contributed by atoms with Gasteiger partial charge in [0.15, 0.2) is 11.5 Å².